The number of nitrogens with one attached hydrogen (secondary N) is 1. The quantitative estimate of drug-likeness (QED) is 0.504. The van der Waals surface area contributed by atoms with E-state index in [-0.39, 0.29) is 11.2 Å². The lowest BCUT2D eigenvalue weighted by atomic mass is 9.89. The molecule has 1 aliphatic carbocycles. The van der Waals surface area contributed by atoms with Crippen LogP contribution in [0.15, 0.2) is 41.7 Å². The van der Waals surface area contributed by atoms with E-state index in [0.717, 1.165) is 34.2 Å². The molecule has 1 aliphatic rings. The van der Waals surface area contributed by atoms with Crippen molar-refractivity contribution in [3.05, 3.63) is 52.7 Å². The van der Waals surface area contributed by atoms with Crippen LogP contribution in [0.2, 0.25) is 0 Å². The van der Waals surface area contributed by atoms with E-state index in [2.05, 4.69) is 22.2 Å². The third kappa shape index (κ3) is 4.01. The molecule has 140 valence electrons. The number of fused-ring (bicyclic) bond motifs is 3. The third-order valence-corrected chi connectivity index (χ3v) is 7.29. The van der Waals surface area contributed by atoms with E-state index in [1.54, 1.807) is 17.7 Å². The summed E-state index contributed by atoms with van der Waals surface area (Å²) >= 11 is 3.33. The Bertz CT molecular complexity index is 955. The van der Waals surface area contributed by atoms with Crippen molar-refractivity contribution in [3.8, 4) is 0 Å². The van der Waals surface area contributed by atoms with Crippen LogP contribution >= 0.6 is 23.1 Å². The van der Waals surface area contributed by atoms with Gasteiger partial charge in [-0.1, -0.05) is 49.0 Å². The molecule has 27 heavy (non-hydrogen) atoms. The number of rotatable bonds is 5. The molecule has 2 aromatic heterocycles. The van der Waals surface area contributed by atoms with Crippen LogP contribution in [0.25, 0.3) is 10.2 Å². The van der Waals surface area contributed by atoms with Crippen LogP contribution in [0.3, 0.4) is 0 Å². The second kappa shape index (κ2) is 7.98. The fraction of sp³-hybridized carbons (Fsp3) is 0.381. The van der Waals surface area contributed by atoms with Crippen molar-refractivity contribution >= 4 is 39.2 Å². The SMILES string of the molecule is C[C@H]1CCc2c(sc3ncnc(S[C@@H](C)C(=O)NCc4ccccc4)c23)C1. The molecular formula is C21H23N3OS2. The van der Waals surface area contributed by atoms with E-state index in [1.807, 2.05) is 37.3 Å². The highest BCUT2D eigenvalue weighted by atomic mass is 32.2. The highest BCUT2D eigenvalue weighted by Crippen LogP contribution is 2.41. The van der Waals surface area contributed by atoms with Gasteiger partial charge in [0.15, 0.2) is 0 Å². The summed E-state index contributed by atoms with van der Waals surface area (Å²) in [5, 5.41) is 4.94. The summed E-state index contributed by atoms with van der Waals surface area (Å²) in [6, 6.07) is 9.98. The minimum absolute atomic E-state index is 0.0355. The second-order valence-corrected chi connectivity index (χ2v) is 9.59. The van der Waals surface area contributed by atoms with Crippen molar-refractivity contribution in [1.82, 2.24) is 15.3 Å². The Morgan fingerprint density at radius 2 is 2.15 bits per heavy atom. The number of hydrogen-bond acceptors (Lipinski definition) is 5. The molecule has 0 saturated heterocycles. The maximum Gasteiger partial charge on any atom is 0.233 e. The number of benzene rings is 1. The van der Waals surface area contributed by atoms with E-state index in [0.29, 0.717) is 6.54 Å². The van der Waals surface area contributed by atoms with Gasteiger partial charge in [0, 0.05) is 16.8 Å². The smallest absolute Gasteiger partial charge is 0.233 e. The summed E-state index contributed by atoms with van der Waals surface area (Å²) in [6.45, 7) is 4.81. The Labute approximate surface area is 167 Å². The minimum Gasteiger partial charge on any atom is -0.351 e. The molecular weight excluding hydrogens is 374 g/mol. The first-order chi connectivity index (χ1) is 13.1. The average molecular weight is 398 g/mol. The second-order valence-electron chi connectivity index (χ2n) is 7.17. The lowest BCUT2D eigenvalue weighted by Gasteiger charge is -2.18. The van der Waals surface area contributed by atoms with Crippen molar-refractivity contribution in [2.75, 3.05) is 0 Å². The molecule has 0 bridgehead atoms. The number of nitrogens with zero attached hydrogens (tertiary/aromatic N) is 2. The molecule has 2 atom stereocenters. The Morgan fingerprint density at radius 1 is 1.33 bits per heavy atom. The number of hydrogen-bond donors (Lipinski definition) is 1. The summed E-state index contributed by atoms with van der Waals surface area (Å²) in [6.07, 6.45) is 5.06. The molecule has 2 heterocycles. The largest absolute Gasteiger partial charge is 0.351 e. The predicted molar refractivity (Wildman–Crippen MR) is 112 cm³/mol. The van der Waals surface area contributed by atoms with E-state index < -0.39 is 0 Å². The zero-order valence-corrected chi connectivity index (χ0v) is 17.2. The van der Waals surface area contributed by atoms with Gasteiger partial charge in [0.25, 0.3) is 0 Å². The van der Waals surface area contributed by atoms with Gasteiger partial charge in [-0.05, 0) is 43.2 Å². The van der Waals surface area contributed by atoms with Crippen molar-refractivity contribution in [2.45, 2.75) is 49.9 Å². The first-order valence-electron chi connectivity index (χ1n) is 9.35. The molecule has 4 rings (SSSR count). The molecule has 0 radical (unpaired) electrons. The molecule has 0 spiro atoms. The number of carbonyl (C=O) groups is 1. The molecule has 1 N–H and O–H groups in total. The minimum atomic E-state index is -0.204. The highest BCUT2D eigenvalue weighted by molar-refractivity contribution is 8.00. The summed E-state index contributed by atoms with van der Waals surface area (Å²) in [4.78, 5) is 24.1. The van der Waals surface area contributed by atoms with Gasteiger partial charge in [-0.3, -0.25) is 4.79 Å². The molecule has 0 fully saturated rings. The van der Waals surface area contributed by atoms with E-state index in [9.17, 15) is 4.79 Å². The van der Waals surface area contributed by atoms with Crippen molar-refractivity contribution in [3.63, 3.8) is 0 Å². The van der Waals surface area contributed by atoms with E-state index >= 15 is 0 Å². The Morgan fingerprint density at radius 3 is 2.96 bits per heavy atom. The molecule has 6 heteroatoms. The Hall–Kier alpha value is -1.92. The first-order valence-corrected chi connectivity index (χ1v) is 11.0. The Kier molecular flexibility index (Phi) is 5.45. The number of aryl methyl sites for hydroxylation is 1. The fourth-order valence-corrected chi connectivity index (χ4v) is 5.87. The van der Waals surface area contributed by atoms with Crippen LogP contribution in [-0.2, 0) is 24.2 Å². The monoisotopic (exact) mass is 397 g/mol. The molecule has 3 aromatic rings. The van der Waals surface area contributed by atoms with Gasteiger partial charge >= 0.3 is 0 Å². The van der Waals surface area contributed by atoms with Crippen molar-refractivity contribution in [1.29, 1.82) is 0 Å². The molecule has 0 saturated carbocycles. The number of carbonyl (C=O) groups excluding carboxylic acids is 1. The van der Waals surface area contributed by atoms with Gasteiger partial charge < -0.3 is 5.32 Å². The van der Waals surface area contributed by atoms with Gasteiger partial charge in [0.1, 0.15) is 16.2 Å². The molecule has 0 aliphatic heterocycles. The highest BCUT2D eigenvalue weighted by Gasteiger charge is 2.25. The van der Waals surface area contributed by atoms with Crippen LogP contribution in [0.1, 0.15) is 36.3 Å². The van der Waals surface area contributed by atoms with Gasteiger partial charge in [-0.25, -0.2) is 9.97 Å². The number of aromatic nitrogens is 2. The van der Waals surface area contributed by atoms with Crippen molar-refractivity contribution in [2.24, 2.45) is 5.92 Å². The maximum absolute atomic E-state index is 12.6. The normalized spacial score (nSPS) is 17.5. The molecule has 1 aromatic carbocycles. The van der Waals surface area contributed by atoms with Gasteiger partial charge in [-0.15, -0.1) is 11.3 Å². The summed E-state index contributed by atoms with van der Waals surface area (Å²) in [5.74, 6) is 0.769. The third-order valence-electron chi connectivity index (χ3n) is 5.02. The average Bonchev–Trinajstić information content (AvgIpc) is 3.05. The number of thioether (sulfide) groups is 1. The molecule has 1 amide bonds. The van der Waals surface area contributed by atoms with Crippen LogP contribution in [0.4, 0.5) is 0 Å². The van der Waals surface area contributed by atoms with Crippen LogP contribution in [0, 0.1) is 5.92 Å². The summed E-state index contributed by atoms with van der Waals surface area (Å²) in [7, 11) is 0. The lowest BCUT2D eigenvalue weighted by Crippen LogP contribution is -2.30. The predicted octanol–water partition coefficient (Wildman–Crippen LogP) is 4.61. The summed E-state index contributed by atoms with van der Waals surface area (Å²) in [5.41, 5.74) is 2.52. The van der Waals surface area contributed by atoms with Gasteiger partial charge in [0.2, 0.25) is 5.91 Å². The zero-order chi connectivity index (χ0) is 18.8. The number of thiophene rings is 1. The topological polar surface area (TPSA) is 54.9 Å². The van der Waals surface area contributed by atoms with Gasteiger partial charge in [-0.2, -0.15) is 0 Å². The Balaban J connectivity index is 1.50. The fourth-order valence-electron chi connectivity index (χ4n) is 3.49. The van der Waals surface area contributed by atoms with E-state index in [1.165, 1.54) is 34.0 Å². The first kappa shape index (κ1) is 18.4. The number of amides is 1. The van der Waals surface area contributed by atoms with Crippen molar-refractivity contribution < 1.29 is 4.79 Å². The van der Waals surface area contributed by atoms with Crippen LogP contribution < -0.4 is 5.32 Å². The van der Waals surface area contributed by atoms with Crippen LogP contribution in [0.5, 0.6) is 0 Å². The summed E-state index contributed by atoms with van der Waals surface area (Å²) < 4.78 is 0. The lowest BCUT2D eigenvalue weighted by molar-refractivity contribution is -0.120. The molecule has 4 nitrogen and oxygen atoms in total. The maximum atomic E-state index is 12.6. The zero-order valence-electron chi connectivity index (χ0n) is 15.6. The standard InChI is InChI=1S/C21H23N3OS2/c1-13-8-9-16-17(10-13)27-21-18(16)20(23-12-24-21)26-14(2)19(25)22-11-15-6-4-3-5-7-15/h3-7,12-14H,8-11H2,1-2H3,(H,22,25)/t13-,14-/m0/s1. The van der Waals surface area contributed by atoms with E-state index in [4.69, 9.17) is 0 Å². The molecule has 0 unspecified atom stereocenters. The van der Waals surface area contributed by atoms with Crippen LogP contribution in [-0.4, -0.2) is 21.1 Å². The van der Waals surface area contributed by atoms with Gasteiger partial charge in [0.05, 0.1) is 5.25 Å².